The standard InChI is InChI=1S/C19H14FN3O4/c20-11-9-12-16(14(10-11)22-7-3-1-2-4-8-22)19(27)23(18(12)26)13-5-6-15(24)21-17(13)25/h1-4,7-10,13H,5-6H2,(H,21,24,25). The summed E-state index contributed by atoms with van der Waals surface area (Å²) >= 11 is 0. The van der Waals surface area contributed by atoms with Gasteiger partial charge in [-0.3, -0.25) is 29.4 Å². The first-order valence-electron chi connectivity index (χ1n) is 8.32. The first-order valence-corrected chi connectivity index (χ1v) is 8.32. The van der Waals surface area contributed by atoms with E-state index < -0.39 is 35.5 Å². The number of imide groups is 2. The van der Waals surface area contributed by atoms with Crippen molar-refractivity contribution in [2.24, 2.45) is 0 Å². The number of nitrogens with zero attached hydrogens (tertiary/aromatic N) is 2. The molecule has 1 unspecified atom stereocenters. The Morgan fingerprint density at radius 3 is 2.33 bits per heavy atom. The van der Waals surface area contributed by atoms with E-state index in [0.717, 1.165) is 17.0 Å². The first kappa shape index (κ1) is 16.9. The van der Waals surface area contributed by atoms with Gasteiger partial charge in [-0.25, -0.2) is 4.39 Å². The lowest BCUT2D eigenvalue weighted by Crippen LogP contribution is -2.54. The molecule has 1 N–H and O–H groups in total. The lowest BCUT2D eigenvalue weighted by Gasteiger charge is -2.28. The zero-order valence-corrected chi connectivity index (χ0v) is 14.0. The van der Waals surface area contributed by atoms with Crippen molar-refractivity contribution in [2.75, 3.05) is 4.90 Å². The van der Waals surface area contributed by atoms with Crippen LogP contribution in [0.3, 0.4) is 0 Å². The van der Waals surface area contributed by atoms with Crippen LogP contribution in [0.15, 0.2) is 48.8 Å². The van der Waals surface area contributed by atoms with E-state index in [0.29, 0.717) is 0 Å². The third kappa shape index (κ3) is 2.75. The van der Waals surface area contributed by atoms with Crippen molar-refractivity contribution >= 4 is 29.3 Å². The number of rotatable bonds is 2. The maximum atomic E-state index is 14.2. The zero-order chi connectivity index (χ0) is 19.1. The summed E-state index contributed by atoms with van der Waals surface area (Å²) in [4.78, 5) is 51.7. The molecular formula is C19H14FN3O4. The lowest BCUT2D eigenvalue weighted by atomic mass is 10.0. The fourth-order valence-electron chi connectivity index (χ4n) is 3.37. The summed E-state index contributed by atoms with van der Waals surface area (Å²) in [5.41, 5.74) is 0.135. The largest absolute Gasteiger partial charge is 0.323 e. The van der Waals surface area contributed by atoms with Crippen molar-refractivity contribution in [3.8, 4) is 0 Å². The second-order valence-electron chi connectivity index (χ2n) is 6.27. The molecular weight excluding hydrogens is 353 g/mol. The lowest BCUT2D eigenvalue weighted by molar-refractivity contribution is -0.136. The van der Waals surface area contributed by atoms with E-state index >= 15 is 0 Å². The number of anilines is 1. The van der Waals surface area contributed by atoms with Gasteiger partial charge in [-0.2, -0.15) is 0 Å². The maximum Gasteiger partial charge on any atom is 0.264 e. The number of halogens is 1. The number of piperidine rings is 1. The first-order chi connectivity index (χ1) is 13.0. The zero-order valence-electron chi connectivity index (χ0n) is 14.0. The number of benzene rings is 1. The summed E-state index contributed by atoms with van der Waals surface area (Å²) in [7, 11) is 0. The highest BCUT2D eigenvalue weighted by Gasteiger charge is 2.46. The SMILES string of the molecule is O=C1CCC(N2C(=O)c3cc(F)cc(N4C=CC=CC=C4)c3C2=O)C(=O)N1. The molecule has 8 heteroatoms. The number of hydrogen-bond donors (Lipinski definition) is 1. The van der Waals surface area contributed by atoms with Gasteiger partial charge in [-0.05, 0) is 30.7 Å². The van der Waals surface area contributed by atoms with E-state index in [4.69, 9.17) is 0 Å². The van der Waals surface area contributed by atoms with E-state index in [-0.39, 0.29) is 29.7 Å². The van der Waals surface area contributed by atoms with Crippen LogP contribution in [0.5, 0.6) is 0 Å². The average molecular weight is 367 g/mol. The molecule has 0 spiro atoms. The normalized spacial score (nSPS) is 21.6. The fourth-order valence-corrected chi connectivity index (χ4v) is 3.37. The Balaban J connectivity index is 1.78. The highest BCUT2D eigenvalue weighted by atomic mass is 19.1. The smallest absolute Gasteiger partial charge is 0.264 e. The summed E-state index contributed by atoms with van der Waals surface area (Å²) in [6.07, 6.45) is 10.3. The van der Waals surface area contributed by atoms with Gasteiger partial charge in [0.05, 0.1) is 16.8 Å². The van der Waals surface area contributed by atoms with Crippen molar-refractivity contribution in [2.45, 2.75) is 18.9 Å². The number of hydrogen-bond acceptors (Lipinski definition) is 5. The molecule has 4 rings (SSSR count). The number of carbonyl (C=O) groups is 4. The van der Waals surface area contributed by atoms with Crippen molar-refractivity contribution in [1.82, 2.24) is 10.2 Å². The van der Waals surface area contributed by atoms with Gasteiger partial charge in [0, 0.05) is 18.8 Å². The van der Waals surface area contributed by atoms with E-state index in [1.54, 1.807) is 36.7 Å². The predicted molar refractivity (Wildman–Crippen MR) is 93.0 cm³/mol. The van der Waals surface area contributed by atoms with Crippen LogP contribution in [0.25, 0.3) is 0 Å². The third-order valence-electron chi connectivity index (χ3n) is 4.59. The molecule has 7 nitrogen and oxygen atoms in total. The molecule has 3 aliphatic rings. The van der Waals surface area contributed by atoms with Crippen LogP contribution in [0.2, 0.25) is 0 Å². The highest BCUT2D eigenvalue weighted by Crippen LogP contribution is 2.35. The van der Waals surface area contributed by atoms with Gasteiger partial charge in [0.25, 0.3) is 11.8 Å². The topological polar surface area (TPSA) is 86.8 Å². The minimum atomic E-state index is -1.09. The van der Waals surface area contributed by atoms with Gasteiger partial charge >= 0.3 is 0 Å². The van der Waals surface area contributed by atoms with E-state index in [1.807, 2.05) is 0 Å². The Bertz CT molecular complexity index is 963. The Labute approximate surface area is 153 Å². The molecule has 1 aromatic carbocycles. The predicted octanol–water partition coefficient (Wildman–Crippen LogP) is 1.63. The van der Waals surface area contributed by atoms with Gasteiger partial charge in [-0.15, -0.1) is 0 Å². The number of fused-ring (bicyclic) bond motifs is 1. The van der Waals surface area contributed by atoms with Crippen LogP contribution in [0.1, 0.15) is 33.6 Å². The summed E-state index contributed by atoms with van der Waals surface area (Å²) in [5.74, 6) is -3.26. The Morgan fingerprint density at radius 1 is 0.963 bits per heavy atom. The second kappa shape index (κ2) is 6.31. The van der Waals surface area contributed by atoms with Gasteiger partial charge in [0.1, 0.15) is 11.9 Å². The van der Waals surface area contributed by atoms with Crippen LogP contribution >= 0.6 is 0 Å². The minimum Gasteiger partial charge on any atom is -0.323 e. The maximum absolute atomic E-state index is 14.2. The van der Waals surface area contributed by atoms with Gasteiger partial charge in [0.15, 0.2) is 0 Å². The van der Waals surface area contributed by atoms with Crippen LogP contribution in [0, 0.1) is 5.82 Å². The molecule has 0 saturated carbocycles. The Morgan fingerprint density at radius 2 is 1.67 bits per heavy atom. The molecule has 136 valence electrons. The van der Waals surface area contributed by atoms with Crippen LogP contribution < -0.4 is 10.2 Å². The summed E-state index contributed by atoms with van der Waals surface area (Å²) < 4.78 is 14.2. The highest BCUT2D eigenvalue weighted by molar-refractivity contribution is 6.25. The fraction of sp³-hybridized carbons (Fsp3) is 0.158. The molecule has 3 aliphatic heterocycles. The molecule has 1 saturated heterocycles. The van der Waals surface area contributed by atoms with Crippen molar-refractivity contribution < 1.29 is 23.6 Å². The molecule has 0 radical (unpaired) electrons. The summed E-state index contributed by atoms with van der Waals surface area (Å²) in [6, 6.07) is 1.06. The number of carbonyl (C=O) groups excluding carboxylic acids is 4. The molecule has 0 bridgehead atoms. The molecule has 1 aromatic rings. The summed E-state index contributed by atoms with van der Waals surface area (Å²) in [5, 5.41) is 2.13. The third-order valence-corrected chi connectivity index (χ3v) is 4.59. The van der Waals surface area contributed by atoms with Crippen LogP contribution in [-0.2, 0) is 9.59 Å². The molecule has 3 heterocycles. The number of nitrogens with one attached hydrogen (secondary N) is 1. The van der Waals surface area contributed by atoms with E-state index in [2.05, 4.69) is 5.32 Å². The van der Waals surface area contributed by atoms with Gasteiger partial charge in [-0.1, -0.05) is 12.2 Å². The minimum absolute atomic E-state index is 0.0221. The second-order valence-corrected chi connectivity index (χ2v) is 6.27. The monoisotopic (exact) mass is 367 g/mol. The molecule has 1 atom stereocenters. The Kier molecular flexibility index (Phi) is 3.95. The van der Waals surface area contributed by atoms with Gasteiger partial charge in [0.2, 0.25) is 11.8 Å². The van der Waals surface area contributed by atoms with E-state index in [9.17, 15) is 23.6 Å². The number of allylic oxidation sites excluding steroid dienone is 4. The molecule has 0 aromatic heterocycles. The quantitative estimate of drug-likeness (QED) is 0.803. The number of amides is 4. The molecule has 27 heavy (non-hydrogen) atoms. The average Bonchev–Trinajstić information content (AvgIpc) is 2.83. The molecule has 4 amide bonds. The Hall–Kier alpha value is -3.55. The van der Waals surface area contributed by atoms with E-state index in [1.165, 1.54) is 4.90 Å². The molecule has 0 aliphatic carbocycles. The van der Waals surface area contributed by atoms with Gasteiger partial charge < -0.3 is 4.90 Å². The van der Waals surface area contributed by atoms with Crippen molar-refractivity contribution in [3.05, 3.63) is 65.8 Å². The summed E-state index contributed by atoms with van der Waals surface area (Å²) in [6.45, 7) is 0. The van der Waals surface area contributed by atoms with Crippen LogP contribution in [-0.4, -0.2) is 34.6 Å². The van der Waals surface area contributed by atoms with Crippen molar-refractivity contribution in [3.63, 3.8) is 0 Å². The molecule has 1 fully saturated rings. The van der Waals surface area contributed by atoms with Crippen LogP contribution in [0.4, 0.5) is 10.1 Å². The van der Waals surface area contributed by atoms with Crippen molar-refractivity contribution in [1.29, 1.82) is 0 Å².